The number of carboxylic acids is 1. The summed E-state index contributed by atoms with van der Waals surface area (Å²) < 4.78 is 1.50. The van der Waals surface area contributed by atoms with Crippen LogP contribution in [0.15, 0.2) is 12.3 Å². The van der Waals surface area contributed by atoms with Crippen LogP contribution in [0.25, 0.3) is 0 Å². The molecule has 0 aliphatic heterocycles. The summed E-state index contributed by atoms with van der Waals surface area (Å²) in [5.41, 5.74) is 0.111. The second-order valence-corrected chi connectivity index (χ2v) is 4.23. The number of carboxylic acid groups (broad SMARTS) is 1. The van der Waals surface area contributed by atoms with Gasteiger partial charge in [-0.3, -0.25) is 19.7 Å². The van der Waals surface area contributed by atoms with Crippen molar-refractivity contribution in [2.24, 2.45) is 0 Å². The maximum Gasteiger partial charge on any atom is 0.303 e. The summed E-state index contributed by atoms with van der Waals surface area (Å²) in [7, 11) is 0. The zero-order valence-electron chi connectivity index (χ0n) is 11.2. The number of nitrogens with one attached hydrogen (secondary N) is 1. The molecule has 1 amide bonds. The molecule has 0 saturated carbocycles. The van der Waals surface area contributed by atoms with E-state index in [2.05, 4.69) is 5.32 Å². The number of carbonyl (C=O) groups is 2. The van der Waals surface area contributed by atoms with Crippen LogP contribution in [-0.2, 0) is 11.3 Å². The van der Waals surface area contributed by atoms with Gasteiger partial charge < -0.3 is 15.0 Å². The lowest BCUT2D eigenvalue weighted by atomic mass is 10.2. The van der Waals surface area contributed by atoms with Crippen molar-refractivity contribution in [2.45, 2.75) is 32.7 Å². The Morgan fingerprint density at radius 3 is 2.70 bits per heavy atom. The molecule has 20 heavy (non-hydrogen) atoms. The van der Waals surface area contributed by atoms with E-state index in [-0.39, 0.29) is 17.8 Å². The van der Waals surface area contributed by atoms with Crippen LogP contribution in [0.4, 0.5) is 5.69 Å². The summed E-state index contributed by atoms with van der Waals surface area (Å²) in [6, 6.07) is 1.23. The second kappa shape index (κ2) is 7.27. The molecule has 0 saturated heterocycles. The number of hydrogen-bond donors (Lipinski definition) is 2. The number of nitrogens with zero attached hydrogens (tertiary/aromatic N) is 2. The van der Waals surface area contributed by atoms with Crippen molar-refractivity contribution < 1.29 is 19.6 Å². The number of carbonyl (C=O) groups excluding carboxylic acids is 1. The second-order valence-electron chi connectivity index (χ2n) is 4.23. The van der Waals surface area contributed by atoms with Crippen LogP contribution < -0.4 is 5.32 Å². The van der Waals surface area contributed by atoms with E-state index in [1.807, 2.05) is 0 Å². The summed E-state index contributed by atoms with van der Waals surface area (Å²) in [6.07, 6.45) is 2.41. The predicted octanol–water partition coefficient (Wildman–Crippen LogP) is 1.40. The lowest BCUT2D eigenvalue weighted by Crippen LogP contribution is -2.26. The summed E-state index contributed by atoms with van der Waals surface area (Å²) in [5.74, 6) is -1.26. The van der Waals surface area contributed by atoms with Gasteiger partial charge in [-0.2, -0.15) is 0 Å². The first-order chi connectivity index (χ1) is 9.45. The van der Waals surface area contributed by atoms with E-state index in [0.29, 0.717) is 25.9 Å². The van der Waals surface area contributed by atoms with E-state index in [9.17, 15) is 19.7 Å². The lowest BCUT2D eigenvalue weighted by molar-refractivity contribution is -0.384. The van der Waals surface area contributed by atoms with Crippen molar-refractivity contribution in [3.05, 3.63) is 28.1 Å². The molecule has 1 aromatic heterocycles. The van der Waals surface area contributed by atoms with Crippen LogP contribution in [0.2, 0.25) is 0 Å². The molecule has 0 radical (unpaired) electrons. The number of rotatable bonds is 8. The molecule has 8 nitrogen and oxygen atoms in total. The first-order valence-corrected chi connectivity index (χ1v) is 6.30. The Bertz CT molecular complexity index is 509. The highest BCUT2D eigenvalue weighted by atomic mass is 16.6. The fraction of sp³-hybridized carbons (Fsp3) is 0.500. The third-order valence-electron chi connectivity index (χ3n) is 2.77. The first-order valence-electron chi connectivity index (χ1n) is 6.30. The third-order valence-corrected chi connectivity index (χ3v) is 2.77. The lowest BCUT2D eigenvalue weighted by Gasteiger charge is -2.06. The highest BCUT2D eigenvalue weighted by Crippen LogP contribution is 2.16. The minimum absolute atomic E-state index is 0.0622. The Labute approximate surface area is 115 Å². The molecule has 1 rings (SSSR count). The van der Waals surface area contributed by atoms with Crippen molar-refractivity contribution in [2.75, 3.05) is 6.54 Å². The quantitative estimate of drug-likeness (QED) is 0.425. The van der Waals surface area contributed by atoms with Gasteiger partial charge in [0, 0.05) is 25.6 Å². The van der Waals surface area contributed by atoms with Gasteiger partial charge in [0.25, 0.3) is 11.6 Å². The standard InChI is InChI=1S/C12H17N3O5/c1-2-14-8-9(15(19)20)7-10(14)12(18)13-6-4-3-5-11(16)17/h7-8H,2-6H2,1H3,(H,13,18)(H,16,17). The van der Waals surface area contributed by atoms with E-state index in [4.69, 9.17) is 5.11 Å². The van der Waals surface area contributed by atoms with E-state index in [1.54, 1.807) is 6.92 Å². The number of amides is 1. The van der Waals surface area contributed by atoms with Gasteiger partial charge in [0.05, 0.1) is 11.1 Å². The minimum Gasteiger partial charge on any atom is -0.481 e. The molecule has 1 heterocycles. The molecule has 0 atom stereocenters. The number of hydrogen-bond acceptors (Lipinski definition) is 4. The topological polar surface area (TPSA) is 114 Å². The van der Waals surface area contributed by atoms with Crippen LogP contribution in [0.3, 0.4) is 0 Å². The SMILES string of the molecule is CCn1cc([N+](=O)[O-])cc1C(=O)NCCCCC(=O)O. The van der Waals surface area contributed by atoms with Crippen molar-refractivity contribution in [1.82, 2.24) is 9.88 Å². The Morgan fingerprint density at radius 2 is 2.15 bits per heavy atom. The number of nitro groups is 1. The number of aliphatic carboxylic acids is 1. The first kappa shape index (κ1) is 15.7. The molecule has 0 bridgehead atoms. The van der Waals surface area contributed by atoms with Gasteiger partial charge >= 0.3 is 5.97 Å². The number of aryl methyl sites for hydroxylation is 1. The van der Waals surface area contributed by atoms with Crippen LogP contribution >= 0.6 is 0 Å². The van der Waals surface area contributed by atoms with Gasteiger partial charge in [0.15, 0.2) is 0 Å². The van der Waals surface area contributed by atoms with Crippen molar-refractivity contribution in [3.63, 3.8) is 0 Å². The maximum absolute atomic E-state index is 11.9. The predicted molar refractivity (Wildman–Crippen MR) is 70.6 cm³/mol. The molecule has 0 aromatic carbocycles. The number of aromatic nitrogens is 1. The van der Waals surface area contributed by atoms with Gasteiger partial charge in [-0.25, -0.2) is 0 Å². The number of unbranched alkanes of at least 4 members (excludes halogenated alkanes) is 1. The molecule has 2 N–H and O–H groups in total. The van der Waals surface area contributed by atoms with Crippen LogP contribution in [0.1, 0.15) is 36.7 Å². The summed E-state index contributed by atoms with van der Waals surface area (Å²) in [5, 5.41) is 21.8. The van der Waals surface area contributed by atoms with Gasteiger partial charge in [-0.05, 0) is 19.8 Å². The zero-order valence-corrected chi connectivity index (χ0v) is 11.2. The van der Waals surface area contributed by atoms with Crippen LogP contribution in [0.5, 0.6) is 0 Å². The monoisotopic (exact) mass is 283 g/mol. The molecule has 0 aliphatic rings. The largest absolute Gasteiger partial charge is 0.481 e. The summed E-state index contributed by atoms with van der Waals surface area (Å²) in [6.45, 7) is 2.58. The fourth-order valence-corrected chi connectivity index (χ4v) is 1.74. The Balaban J connectivity index is 2.54. The molecule has 0 spiro atoms. The molecule has 0 aliphatic carbocycles. The van der Waals surface area contributed by atoms with Crippen molar-refractivity contribution >= 4 is 17.6 Å². The summed E-state index contributed by atoms with van der Waals surface area (Å²) in [4.78, 5) is 32.3. The highest BCUT2D eigenvalue weighted by molar-refractivity contribution is 5.93. The zero-order chi connectivity index (χ0) is 15.1. The van der Waals surface area contributed by atoms with Gasteiger partial charge in [-0.1, -0.05) is 0 Å². The van der Waals surface area contributed by atoms with E-state index in [0.717, 1.165) is 0 Å². The van der Waals surface area contributed by atoms with Crippen molar-refractivity contribution in [3.8, 4) is 0 Å². The summed E-state index contributed by atoms with van der Waals surface area (Å²) >= 11 is 0. The smallest absolute Gasteiger partial charge is 0.303 e. The van der Waals surface area contributed by atoms with Gasteiger partial charge in [0.2, 0.25) is 0 Å². The third kappa shape index (κ3) is 4.38. The van der Waals surface area contributed by atoms with Gasteiger partial charge in [-0.15, -0.1) is 0 Å². The Morgan fingerprint density at radius 1 is 1.45 bits per heavy atom. The molecule has 0 fully saturated rings. The molecular formula is C12H17N3O5. The highest BCUT2D eigenvalue weighted by Gasteiger charge is 2.18. The van der Waals surface area contributed by atoms with E-state index in [1.165, 1.54) is 16.8 Å². The van der Waals surface area contributed by atoms with Gasteiger partial charge in [0.1, 0.15) is 5.69 Å². The molecule has 110 valence electrons. The molecule has 0 unspecified atom stereocenters. The fourth-order valence-electron chi connectivity index (χ4n) is 1.74. The molecule has 1 aromatic rings. The average Bonchev–Trinajstić information content (AvgIpc) is 2.82. The molecular weight excluding hydrogens is 266 g/mol. The average molecular weight is 283 g/mol. The molecule has 8 heteroatoms. The Hall–Kier alpha value is -2.38. The van der Waals surface area contributed by atoms with Crippen LogP contribution in [0, 0.1) is 10.1 Å². The Kier molecular flexibility index (Phi) is 5.70. The van der Waals surface area contributed by atoms with Crippen LogP contribution in [-0.4, -0.2) is 33.0 Å². The van der Waals surface area contributed by atoms with E-state index < -0.39 is 16.8 Å². The van der Waals surface area contributed by atoms with Crippen molar-refractivity contribution in [1.29, 1.82) is 0 Å². The minimum atomic E-state index is -0.869. The maximum atomic E-state index is 11.9. The normalized spacial score (nSPS) is 10.2. The van der Waals surface area contributed by atoms with E-state index >= 15 is 0 Å².